The highest BCUT2D eigenvalue weighted by molar-refractivity contribution is 5.93. The number of hydrogen-bond acceptors (Lipinski definition) is 5. The summed E-state index contributed by atoms with van der Waals surface area (Å²) in [5.74, 6) is 1.03. The van der Waals surface area contributed by atoms with Gasteiger partial charge in [-0.05, 0) is 61.5 Å². The molecule has 0 saturated heterocycles. The van der Waals surface area contributed by atoms with E-state index in [9.17, 15) is 9.59 Å². The van der Waals surface area contributed by atoms with Gasteiger partial charge in [-0.15, -0.1) is 0 Å². The number of carbonyl (C=O) groups is 1. The van der Waals surface area contributed by atoms with Crippen molar-refractivity contribution >= 4 is 11.6 Å². The Morgan fingerprint density at radius 3 is 2.29 bits per heavy atom. The van der Waals surface area contributed by atoms with E-state index in [1.165, 1.54) is 10.7 Å². The van der Waals surface area contributed by atoms with Crippen molar-refractivity contribution in [1.82, 2.24) is 14.8 Å². The summed E-state index contributed by atoms with van der Waals surface area (Å²) in [5, 5.41) is 7.18. The predicted octanol–water partition coefficient (Wildman–Crippen LogP) is 4.30. The lowest BCUT2D eigenvalue weighted by atomic mass is 10.2. The van der Waals surface area contributed by atoms with Crippen LogP contribution >= 0.6 is 0 Å². The van der Waals surface area contributed by atoms with Crippen LogP contribution in [0.1, 0.15) is 13.0 Å². The molecule has 0 aliphatic carbocycles. The van der Waals surface area contributed by atoms with E-state index in [-0.39, 0.29) is 11.5 Å². The second-order valence-electron chi connectivity index (χ2n) is 6.84. The van der Waals surface area contributed by atoms with Crippen molar-refractivity contribution in [2.24, 2.45) is 0 Å². The fraction of sp³-hybridized carbons (Fsp3) is 0.0833. The molecule has 31 heavy (non-hydrogen) atoms. The zero-order chi connectivity index (χ0) is 21.6. The van der Waals surface area contributed by atoms with Gasteiger partial charge in [-0.25, -0.2) is 4.68 Å². The van der Waals surface area contributed by atoms with Crippen molar-refractivity contribution < 1.29 is 9.53 Å². The quantitative estimate of drug-likeness (QED) is 0.510. The zero-order valence-corrected chi connectivity index (χ0v) is 16.8. The molecule has 1 unspecified atom stereocenters. The normalized spacial score (nSPS) is 11.5. The number of benzene rings is 2. The molecule has 2 heterocycles. The SMILES string of the molecule is CC(C(=O)Nc1ccc(Oc2ccccc2)cc1)n1nc(-c2ccncc2)ccc1=O. The second kappa shape index (κ2) is 9.04. The van der Waals surface area contributed by atoms with Crippen molar-refractivity contribution in [3.63, 3.8) is 0 Å². The summed E-state index contributed by atoms with van der Waals surface area (Å²) in [4.78, 5) is 29.0. The van der Waals surface area contributed by atoms with E-state index in [4.69, 9.17) is 4.74 Å². The van der Waals surface area contributed by atoms with Crippen LogP contribution in [0, 0.1) is 0 Å². The summed E-state index contributed by atoms with van der Waals surface area (Å²) < 4.78 is 6.93. The van der Waals surface area contributed by atoms with Gasteiger partial charge in [0.05, 0.1) is 5.69 Å². The van der Waals surface area contributed by atoms with E-state index < -0.39 is 6.04 Å². The molecule has 0 saturated carbocycles. The molecular formula is C24H20N4O3. The number of carbonyl (C=O) groups excluding carboxylic acids is 1. The number of nitrogens with zero attached hydrogens (tertiary/aromatic N) is 3. The first-order valence-corrected chi connectivity index (χ1v) is 9.74. The van der Waals surface area contributed by atoms with E-state index in [1.54, 1.807) is 61.8 Å². The van der Waals surface area contributed by atoms with Gasteiger partial charge in [-0.2, -0.15) is 5.10 Å². The molecule has 7 heteroatoms. The van der Waals surface area contributed by atoms with Crippen molar-refractivity contribution in [3.8, 4) is 22.8 Å². The number of ether oxygens (including phenoxy) is 1. The molecule has 0 aliphatic heterocycles. The number of para-hydroxylation sites is 1. The third-order valence-electron chi connectivity index (χ3n) is 4.65. The molecular weight excluding hydrogens is 392 g/mol. The Kier molecular flexibility index (Phi) is 5.84. The maximum absolute atomic E-state index is 12.7. The van der Waals surface area contributed by atoms with Crippen molar-refractivity contribution in [2.75, 3.05) is 5.32 Å². The summed E-state index contributed by atoms with van der Waals surface area (Å²) >= 11 is 0. The van der Waals surface area contributed by atoms with E-state index in [1.807, 2.05) is 30.3 Å². The summed E-state index contributed by atoms with van der Waals surface area (Å²) in [7, 11) is 0. The van der Waals surface area contributed by atoms with Gasteiger partial charge < -0.3 is 10.1 Å². The minimum absolute atomic E-state index is 0.349. The van der Waals surface area contributed by atoms with E-state index >= 15 is 0 Å². The molecule has 1 amide bonds. The van der Waals surface area contributed by atoms with Crippen molar-refractivity contribution in [3.05, 3.63) is 102 Å². The maximum atomic E-state index is 12.7. The second-order valence-corrected chi connectivity index (χ2v) is 6.84. The summed E-state index contributed by atoms with van der Waals surface area (Å²) in [6, 6.07) is 22.3. The molecule has 0 radical (unpaired) electrons. The van der Waals surface area contributed by atoms with Crippen LogP contribution in [0.15, 0.2) is 96.1 Å². The van der Waals surface area contributed by atoms with E-state index in [2.05, 4.69) is 15.4 Å². The van der Waals surface area contributed by atoms with E-state index in [0.717, 1.165) is 11.3 Å². The van der Waals surface area contributed by atoms with Gasteiger partial charge in [0.2, 0.25) is 5.91 Å². The first-order chi connectivity index (χ1) is 15.1. The van der Waals surface area contributed by atoms with Gasteiger partial charge in [0, 0.05) is 29.7 Å². The number of pyridine rings is 1. The number of nitrogens with one attached hydrogen (secondary N) is 1. The van der Waals surface area contributed by atoms with Gasteiger partial charge in [-0.1, -0.05) is 18.2 Å². The molecule has 1 N–H and O–H groups in total. The molecule has 2 aromatic carbocycles. The Morgan fingerprint density at radius 2 is 1.58 bits per heavy atom. The number of amides is 1. The predicted molar refractivity (Wildman–Crippen MR) is 118 cm³/mol. The molecule has 154 valence electrons. The Hall–Kier alpha value is -4.26. The maximum Gasteiger partial charge on any atom is 0.267 e. The Labute approximate surface area is 179 Å². The fourth-order valence-corrected chi connectivity index (χ4v) is 2.97. The number of rotatable bonds is 6. The number of hydrogen-bond donors (Lipinski definition) is 1. The lowest BCUT2D eigenvalue weighted by Crippen LogP contribution is -2.33. The third-order valence-corrected chi connectivity index (χ3v) is 4.65. The number of aromatic nitrogens is 3. The zero-order valence-electron chi connectivity index (χ0n) is 16.8. The van der Waals surface area contributed by atoms with Crippen molar-refractivity contribution in [1.29, 1.82) is 0 Å². The molecule has 0 fully saturated rings. The Balaban J connectivity index is 1.47. The van der Waals surface area contributed by atoms with Gasteiger partial charge in [-0.3, -0.25) is 14.6 Å². The first-order valence-electron chi connectivity index (χ1n) is 9.74. The first kappa shape index (κ1) is 20.0. The molecule has 7 nitrogen and oxygen atoms in total. The van der Waals surface area contributed by atoms with Crippen LogP contribution in [0.2, 0.25) is 0 Å². The highest BCUT2D eigenvalue weighted by atomic mass is 16.5. The lowest BCUT2D eigenvalue weighted by Gasteiger charge is -2.15. The summed E-state index contributed by atoms with van der Waals surface area (Å²) in [5.41, 5.74) is 1.64. The smallest absolute Gasteiger partial charge is 0.267 e. The van der Waals surface area contributed by atoms with Gasteiger partial charge in [0.15, 0.2) is 0 Å². The standard InChI is InChI=1S/C24H20N4O3/c1-17(28-23(29)12-11-22(27-28)18-13-15-25-16-14-18)24(30)26-19-7-9-21(10-8-19)31-20-5-3-2-4-6-20/h2-17H,1H3,(H,26,30). The topological polar surface area (TPSA) is 86.1 Å². The largest absolute Gasteiger partial charge is 0.457 e. The average Bonchev–Trinajstić information content (AvgIpc) is 2.81. The van der Waals surface area contributed by atoms with Gasteiger partial charge >= 0.3 is 0 Å². The third kappa shape index (κ3) is 4.84. The van der Waals surface area contributed by atoms with Crippen LogP contribution in [0.3, 0.4) is 0 Å². The molecule has 4 aromatic rings. The van der Waals surface area contributed by atoms with Crippen LogP contribution < -0.4 is 15.6 Å². The van der Waals surface area contributed by atoms with Gasteiger partial charge in [0.25, 0.3) is 5.56 Å². The Morgan fingerprint density at radius 1 is 0.903 bits per heavy atom. The van der Waals surface area contributed by atoms with Crippen LogP contribution in [-0.4, -0.2) is 20.7 Å². The van der Waals surface area contributed by atoms with Gasteiger partial charge in [0.1, 0.15) is 17.5 Å². The summed E-state index contributed by atoms with van der Waals surface area (Å²) in [6.45, 7) is 1.63. The minimum atomic E-state index is -0.797. The van der Waals surface area contributed by atoms with Crippen LogP contribution in [0.25, 0.3) is 11.3 Å². The molecule has 0 aliphatic rings. The summed E-state index contributed by atoms with van der Waals surface area (Å²) in [6.07, 6.45) is 3.29. The van der Waals surface area contributed by atoms with Crippen LogP contribution in [0.5, 0.6) is 11.5 Å². The van der Waals surface area contributed by atoms with Crippen LogP contribution in [-0.2, 0) is 4.79 Å². The highest BCUT2D eigenvalue weighted by Crippen LogP contribution is 2.23. The molecule has 4 rings (SSSR count). The molecule has 0 bridgehead atoms. The fourth-order valence-electron chi connectivity index (χ4n) is 2.97. The van der Waals surface area contributed by atoms with E-state index in [0.29, 0.717) is 17.1 Å². The molecule has 2 aromatic heterocycles. The lowest BCUT2D eigenvalue weighted by molar-refractivity contribution is -0.119. The Bertz CT molecular complexity index is 1220. The average molecular weight is 412 g/mol. The van der Waals surface area contributed by atoms with Crippen LogP contribution in [0.4, 0.5) is 5.69 Å². The molecule has 1 atom stereocenters. The number of anilines is 1. The minimum Gasteiger partial charge on any atom is -0.457 e. The monoisotopic (exact) mass is 412 g/mol. The highest BCUT2D eigenvalue weighted by Gasteiger charge is 2.18. The van der Waals surface area contributed by atoms with Crippen molar-refractivity contribution in [2.45, 2.75) is 13.0 Å². The molecule has 0 spiro atoms.